The number of hydrogen-bond acceptors (Lipinski definition) is 4. The molecule has 5 nitrogen and oxygen atoms in total. The van der Waals surface area contributed by atoms with Gasteiger partial charge in [-0.15, -0.1) is 0 Å². The first-order valence-electron chi connectivity index (χ1n) is 5.20. The molecule has 100 valence electrons. The minimum atomic E-state index is -4.36. The van der Waals surface area contributed by atoms with Gasteiger partial charge in [0.1, 0.15) is 6.54 Å². The number of nitro benzene ring substituents is 1. The van der Waals surface area contributed by atoms with E-state index < -0.39 is 17.6 Å². The van der Waals surface area contributed by atoms with Gasteiger partial charge >= 0.3 is 6.18 Å². The molecule has 0 spiro atoms. The van der Waals surface area contributed by atoms with Crippen LogP contribution in [0.25, 0.3) is 10.8 Å². The first-order chi connectivity index (χ1) is 8.88. The molecule has 1 aromatic heterocycles. The number of fused-ring (bicyclic) bond motifs is 1. The molecule has 0 fully saturated rings. The third kappa shape index (κ3) is 2.90. The van der Waals surface area contributed by atoms with E-state index in [1.807, 2.05) is 0 Å². The first-order valence-corrected chi connectivity index (χ1v) is 5.20. The Hall–Kier alpha value is -2.38. The second-order valence-corrected chi connectivity index (χ2v) is 3.78. The van der Waals surface area contributed by atoms with E-state index in [0.717, 1.165) is 0 Å². The van der Waals surface area contributed by atoms with E-state index in [2.05, 4.69) is 10.3 Å². The Morgan fingerprint density at radius 1 is 1.26 bits per heavy atom. The van der Waals surface area contributed by atoms with Crippen molar-refractivity contribution in [2.75, 3.05) is 11.9 Å². The highest BCUT2D eigenvalue weighted by Gasteiger charge is 2.27. The zero-order valence-electron chi connectivity index (χ0n) is 9.44. The number of benzene rings is 1. The van der Waals surface area contributed by atoms with Crippen LogP contribution in [0.4, 0.5) is 24.5 Å². The van der Waals surface area contributed by atoms with Crippen molar-refractivity contribution in [2.24, 2.45) is 0 Å². The highest BCUT2D eigenvalue weighted by Crippen LogP contribution is 2.31. The van der Waals surface area contributed by atoms with Crippen molar-refractivity contribution < 1.29 is 18.1 Å². The van der Waals surface area contributed by atoms with Gasteiger partial charge in [0.2, 0.25) is 0 Å². The van der Waals surface area contributed by atoms with Crippen molar-refractivity contribution in [3.05, 3.63) is 40.7 Å². The van der Waals surface area contributed by atoms with Crippen LogP contribution in [0.3, 0.4) is 0 Å². The van der Waals surface area contributed by atoms with E-state index in [0.29, 0.717) is 0 Å². The number of aromatic nitrogens is 1. The lowest BCUT2D eigenvalue weighted by molar-refractivity contribution is -0.383. The minimum Gasteiger partial charge on any atom is -0.376 e. The Labute approximate surface area is 105 Å². The van der Waals surface area contributed by atoms with E-state index in [4.69, 9.17) is 0 Å². The number of anilines is 1. The molecule has 1 aromatic carbocycles. The predicted octanol–water partition coefficient (Wildman–Crippen LogP) is 3.12. The molecule has 0 aliphatic carbocycles. The summed E-state index contributed by atoms with van der Waals surface area (Å²) in [6, 6.07) is 3.81. The monoisotopic (exact) mass is 271 g/mol. The maximum absolute atomic E-state index is 12.2. The average molecular weight is 271 g/mol. The molecule has 0 aliphatic rings. The van der Waals surface area contributed by atoms with Crippen LogP contribution in [0.2, 0.25) is 0 Å². The molecule has 0 bridgehead atoms. The van der Waals surface area contributed by atoms with Crippen molar-refractivity contribution in [1.82, 2.24) is 4.98 Å². The quantitative estimate of drug-likeness (QED) is 0.688. The van der Waals surface area contributed by atoms with Crippen LogP contribution in [0.15, 0.2) is 30.6 Å². The number of hydrogen-bond donors (Lipinski definition) is 1. The van der Waals surface area contributed by atoms with Gasteiger partial charge < -0.3 is 5.32 Å². The lowest BCUT2D eigenvalue weighted by Crippen LogP contribution is -2.21. The maximum Gasteiger partial charge on any atom is 0.405 e. The maximum atomic E-state index is 12.2. The molecule has 1 N–H and O–H groups in total. The molecular formula is C11H8F3N3O2. The summed E-state index contributed by atoms with van der Waals surface area (Å²) < 4.78 is 36.5. The van der Waals surface area contributed by atoms with Gasteiger partial charge in [0.05, 0.1) is 10.3 Å². The summed E-state index contributed by atoms with van der Waals surface area (Å²) in [7, 11) is 0. The van der Waals surface area contributed by atoms with E-state index in [-0.39, 0.29) is 22.1 Å². The fourth-order valence-corrected chi connectivity index (χ4v) is 1.68. The number of pyridine rings is 1. The Kier molecular flexibility index (Phi) is 3.24. The van der Waals surface area contributed by atoms with Crippen LogP contribution in [-0.4, -0.2) is 22.6 Å². The van der Waals surface area contributed by atoms with Gasteiger partial charge in [-0.3, -0.25) is 15.1 Å². The average Bonchev–Trinajstić information content (AvgIpc) is 2.34. The number of rotatable bonds is 3. The number of nitrogens with one attached hydrogen (secondary N) is 1. The summed E-state index contributed by atoms with van der Waals surface area (Å²) in [5.41, 5.74) is -0.0130. The predicted molar refractivity (Wildman–Crippen MR) is 62.9 cm³/mol. The molecule has 2 rings (SSSR count). The molecule has 19 heavy (non-hydrogen) atoms. The summed E-state index contributed by atoms with van der Waals surface area (Å²) in [6.07, 6.45) is -1.72. The van der Waals surface area contributed by atoms with Crippen molar-refractivity contribution in [2.45, 2.75) is 6.18 Å². The fraction of sp³-hybridized carbons (Fsp3) is 0.182. The summed E-state index contributed by atoms with van der Waals surface area (Å²) in [5, 5.41) is 13.6. The molecule has 0 atom stereocenters. The third-order valence-electron chi connectivity index (χ3n) is 2.47. The van der Waals surface area contributed by atoms with Gasteiger partial charge in [-0.2, -0.15) is 13.2 Å². The molecule has 0 saturated heterocycles. The second kappa shape index (κ2) is 4.71. The van der Waals surface area contributed by atoms with Gasteiger partial charge in [0.15, 0.2) is 0 Å². The molecule has 0 radical (unpaired) electrons. The van der Waals surface area contributed by atoms with Gasteiger partial charge in [-0.05, 0) is 12.1 Å². The highest BCUT2D eigenvalue weighted by molar-refractivity contribution is 5.99. The van der Waals surface area contributed by atoms with Crippen LogP contribution >= 0.6 is 0 Å². The summed E-state index contributed by atoms with van der Waals surface area (Å²) >= 11 is 0. The summed E-state index contributed by atoms with van der Waals surface area (Å²) in [4.78, 5) is 14.0. The van der Waals surface area contributed by atoms with Crippen molar-refractivity contribution in [3.8, 4) is 0 Å². The number of halogens is 3. The summed E-state index contributed by atoms with van der Waals surface area (Å²) in [6.45, 7) is -1.21. The Bertz CT molecular complexity index is 628. The first kappa shape index (κ1) is 13.1. The van der Waals surface area contributed by atoms with E-state index in [1.165, 1.54) is 30.6 Å². The molecule has 1 heterocycles. The smallest absolute Gasteiger partial charge is 0.376 e. The SMILES string of the molecule is O=[N+]([O-])c1ccc(NCC(F)(F)F)c2cnccc12. The normalized spacial score (nSPS) is 11.5. The Morgan fingerprint density at radius 3 is 2.63 bits per heavy atom. The van der Waals surface area contributed by atoms with Crippen LogP contribution < -0.4 is 5.32 Å². The van der Waals surface area contributed by atoms with Gasteiger partial charge in [0, 0.05) is 29.5 Å². The number of non-ortho nitro benzene ring substituents is 1. The van der Waals surface area contributed by atoms with Gasteiger partial charge in [-0.1, -0.05) is 0 Å². The standard InChI is InChI=1S/C11H8F3N3O2/c12-11(13,14)6-16-9-1-2-10(17(18)19)7-3-4-15-5-8(7)9/h1-5,16H,6H2. The van der Waals surface area contributed by atoms with E-state index >= 15 is 0 Å². The van der Waals surface area contributed by atoms with Crippen LogP contribution in [-0.2, 0) is 0 Å². The fourth-order valence-electron chi connectivity index (χ4n) is 1.68. The van der Waals surface area contributed by atoms with Crippen LogP contribution in [0.5, 0.6) is 0 Å². The second-order valence-electron chi connectivity index (χ2n) is 3.78. The van der Waals surface area contributed by atoms with Crippen molar-refractivity contribution >= 4 is 22.1 Å². The van der Waals surface area contributed by atoms with Crippen LogP contribution in [0, 0.1) is 10.1 Å². The third-order valence-corrected chi connectivity index (χ3v) is 2.47. The zero-order chi connectivity index (χ0) is 14.0. The van der Waals surface area contributed by atoms with E-state index in [9.17, 15) is 23.3 Å². The molecule has 0 aliphatic heterocycles. The lowest BCUT2D eigenvalue weighted by atomic mass is 10.1. The highest BCUT2D eigenvalue weighted by atomic mass is 19.4. The lowest BCUT2D eigenvalue weighted by Gasteiger charge is -2.11. The Morgan fingerprint density at radius 2 is 2.00 bits per heavy atom. The zero-order valence-corrected chi connectivity index (χ0v) is 9.44. The van der Waals surface area contributed by atoms with Crippen LogP contribution in [0.1, 0.15) is 0 Å². The molecule has 0 amide bonds. The van der Waals surface area contributed by atoms with Crippen molar-refractivity contribution in [3.63, 3.8) is 0 Å². The van der Waals surface area contributed by atoms with Gasteiger partial charge in [-0.25, -0.2) is 0 Å². The molecule has 0 unspecified atom stereocenters. The topological polar surface area (TPSA) is 68.1 Å². The number of nitrogens with zero attached hydrogens (tertiary/aromatic N) is 2. The molecule has 2 aromatic rings. The minimum absolute atomic E-state index is 0.158. The van der Waals surface area contributed by atoms with E-state index in [1.54, 1.807) is 0 Å². The molecular weight excluding hydrogens is 263 g/mol. The molecule has 0 saturated carbocycles. The number of alkyl halides is 3. The summed E-state index contributed by atoms with van der Waals surface area (Å²) in [5.74, 6) is 0. The largest absolute Gasteiger partial charge is 0.405 e. The molecule has 8 heteroatoms. The number of nitro groups is 1. The van der Waals surface area contributed by atoms with Gasteiger partial charge in [0.25, 0.3) is 5.69 Å². The van der Waals surface area contributed by atoms with Crippen molar-refractivity contribution in [1.29, 1.82) is 0 Å². The Balaban J connectivity index is 2.47.